The summed E-state index contributed by atoms with van der Waals surface area (Å²) in [6, 6.07) is 11.1. The molecule has 0 aromatic heterocycles. The van der Waals surface area contributed by atoms with E-state index in [1.165, 1.54) is 0 Å². The number of rotatable bonds is 2. The van der Waals surface area contributed by atoms with Crippen LogP contribution in [0.3, 0.4) is 0 Å². The topological polar surface area (TPSA) is 104 Å². The highest BCUT2D eigenvalue weighted by Gasteiger charge is 2.06. The molecule has 0 aliphatic carbocycles. The van der Waals surface area contributed by atoms with Crippen molar-refractivity contribution in [2.75, 3.05) is 22.9 Å². The van der Waals surface area contributed by atoms with Crippen molar-refractivity contribution in [3.8, 4) is 0 Å². The lowest BCUT2D eigenvalue weighted by molar-refractivity contribution is 1.20. The molecule has 0 amide bonds. The van der Waals surface area contributed by atoms with Gasteiger partial charge < -0.3 is 22.9 Å². The van der Waals surface area contributed by atoms with Gasteiger partial charge in [0, 0.05) is 17.8 Å². The molecule has 4 heteroatoms. The molecule has 0 aliphatic heterocycles. The fraction of sp³-hybridized carbons (Fsp3) is 0.0769. The molecule has 88 valence electrons. The molecule has 0 unspecified atom stereocenters. The van der Waals surface area contributed by atoms with Crippen LogP contribution in [-0.2, 0) is 6.42 Å². The molecular weight excluding hydrogens is 212 g/mol. The zero-order valence-electron chi connectivity index (χ0n) is 9.48. The maximum absolute atomic E-state index is 5.92. The van der Waals surface area contributed by atoms with E-state index in [-0.39, 0.29) is 0 Å². The minimum absolute atomic E-state index is 0.594. The van der Waals surface area contributed by atoms with Crippen molar-refractivity contribution in [2.45, 2.75) is 6.42 Å². The molecule has 2 aromatic carbocycles. The van der Waals surface area contributed by atoms with Gasteiger partial charge in [-0.3, -0.25) is 0 Å². The highest BCUT2D eigenvalue weighted by molar-refractivity contribution is 5.69. The van der Waals surface area contributed by atoms with Crippen LogP contribution in [0, 0.1) is 0 Å². The molecule has 0 saturated heterocycles. The van der Waals surface area contributed by atoms with Crippen molar-refractivity contribution < 1.29 is 0 Å². The summed E-state index contributed by atoms with van der Waals surface area (Å²) in [6.07, 6.45) is 0.656. The maximum atomic E-state index is 5.92. The Labute approximate surface area is 100 Å². The van der Waals surface area contributed by atoms with Gasteiger partial charge in [-0.25, -0.2) is 0 Å². The molecule has 17 heavy (non-hydrogen) atoms. The van der Waals surface area contributed by atoms with E-state index in [0.29, 0.717) is 29.2 Å². The largest absolute Gasteiger partial charge is 0.399 e. The quantitative estimate of drug-likeness (QED) is 0.586. The Morgan fingerprint density at radius 1 is 0.765 bits per heavy atom. The Bertz CT molecular complexity index is 549. The van der Waals surface area contributed by atoms with E-state index in [2.05, 4.69) is 0 Å². The SMILES string of the molecule is Nc1ccc(Cc2cccc(N)c2N)c(N)c1. The molecule has 2 aromatic rings. The van der Waals surface area contributed by atoms with Crippen molar-refractivity contribution in [3.63, 3.8) is 0 Å². The maximum Gasteiger partial charge on any atom is 0.0583 e. The second-order valence-corrected chi connectivity index (χ2v) is 4.06. The first kappa shape index (κ1) is 11.1. The lowest BCUT2D eigenvalue weighted by Crippen LogP contribution is -2.02. The molecule has 0 atom stereocenters. The van der Waals surface area contributed by atoms with Gasteiger partial charge >= 0.3 is 0 Å². The van der Waals surface area contributed by atoms with Crippen molar-refractivity contribution >= 4 is 22.7 Å². The lowest BCUT2D eigenvalue weighted by Gasteiger charge is -2.10. The van der Waals surface area contributed by atoms with Crippen LogP contribution >= 0.6 is 0 Å². The summed E-state index contributed by atoms with van der Waals surface area (Å²) in [5.41, 5.74) is 27.7. The van der Waals surface area contributed by atoms with Gasteiger partial charge in [0.2, 0.25) is 0 Å². The first-order chi connectivity index (χ1) is 8.08. The average molecular weight is 228 g/mol. The Hall–Kier alpha value is -2.36. The van der Waals surface area contributed by atoms with E-state index >= 15 is 0 Å². The first-order valence-corrected chi connectivity index (χ1v) is 5.34. The Morgan fingerprint density at radius 2 is 1.53 bits per heavy atom. The van der Waals surface area contributed by atoms with Crippen LogP contribution in [0.15, 0.2) is 36.4 Å². The summed E-state index contributed by atoms with van der Waals surface area (Å²) in [5, 5.41) is 0. The monoisotopic (exact) mass is 228 g/mol. The van der Waals surface area contributed by atoms with Gasteiger partial charge in [-0.05, 0) is 29.3 Å². The molecule has 2 rings (SSSR count). The normalized spacial score (nSPS) is 10.4. The highest BCUT2D eigenvalue weighted by atomic mass is 14.7. The van der Waals surface area contributed by atoms with E-state index in [1.54, 1.807) is 12.1 Å². The minimum Gasteiger partial charge on any atom is -0.399 e. The predicted molar refractivity (Wildman–Crippen MR) is 73.3 cm³/mol. The zero-order chi connectivity index (χ0) is 12.4. The number of hydrogen-bond donors (Lipinski definition) is 4. The van der Waals surface area contributed by atoms with Crippen molar-refractivity contribution in [2.24, 2.45) is 0 Å². The van der Waals surface area contributed by atoms with Gasteiger partial charge in [0.05, 0.1) is 11.4 Å². The van der Waals surface area contributed by atoms with Crippen LogP contribution in [0.1, 0.15) is 11.1 Å². The predicted octanol–water partition coefficient (Wildman–Crippen LogP) is 1.61. The van der Waals surface area contributed by atoms with Crippen molar-refractivity contribution in [1.82, 2.24) is 0 Å². The Balaban J connectivity index is 2.35. The Kier molecular flexibility index (Phi) is 2.78. The number of nitrogen functional groups attached to an aromatic ring is 4. The summed E-state index contributed by atoms with van der Waals surface area (Å²) in [4.78, 5) is 0. The van der Waals surface area contributed by atoms with Gasteiger partial charge in [0.15, 0.2) is 0 Å². The summed E-state index contributed by atoms with van der Waals surface area (Å²) in [6.45, 7) is 0. The fourth-order valence-corrected chi connectivity index (χ4v) is 1.77. The fourth-order valence-electron chi connectivity index (χ4n) is 1.77. The molecule has 0 radical (unpaired) electrons. The van der Waals surface area contributed by atoms with Gasteiger partial charge in [0.25, 0.3) is 0 Å². The van der Waals surface area contributed by atoms with E-state index in [1.807, 2.05) is 24.3 Å². The molecule has 0 spiro atoms. The van der Waals surface area contributed by atoms with Crippen LogP contribution in [-0.4, -0.2) is 0 Å². The molecular formula is C13H16N4. The summed E-state index contributed by atoms with van der Waals surface area (Å²) >= 11 is 0. The number of para-hydroxylation sites is 1. The molecule has 0 saturated carbocycles. The summed E-state index contributed by atoms with van der Waals surface area (Å²) in [7, 11) is 0. The first-order valence-electron chi connectivity index (χ1n) is 5.34. The van der Waals surface area contributed by atoms with Crippen LogP contribution in [0.2, 0.25) is 0 Å². The highest BCUT2D eigenvalue weighted by Crippen LogP contribution is 2.25. The van der Waals surface area contributed by atoms with Gasteiger partial charge in [-0.2, -0.15) is 0 Å². The second kappa shape index (κ2) is 4.25. The third-order valence-electron chi connectivity index (χ3n) is 2.78. The molecule has 8 N–H and O–H groups in total. The molecule has 0 heterocycles. The van der Waals surface area contributed by atoms with Crippen molar-refractivity contribution in [3.05, 3.63) is 47.5 Å². The lowest BCUT2D eigenvalue weighted by atomic mass is 10.0. The van der Waals surface area contributed by atoms with Crippen LogP contribution < -0.4 is 22.9 Å². The van der Waals surface area contributed by atoms with Crippen molar-refractivity contribution in [1.29, 1.82) is 0 Å². The zero-order valence-corrected chi connectivity index (χ0v) is 9.48. The summed E-state index contributed by atoms with van der Waals surface area (Å²) < 4.78 is 0. The smallest absolute Gasteiger partial charge is 0.0583 e. The number of benzene rings is 2. The van der Waals surface area contributed by atoms with Crippen LogP contribution in [0.25, 0.3) is 0 Å². The number of nitrogens with two attached hydrogens (primary N) is 4. The molecule has 0 fully saturated rings. The number of hydrogen-bond acceptors (Lipinski definition) is 4. The van der Waals surface area contributed by atoms with E-state index in [0.717, 1.165) is 11.1 Å². The minimum atomic E-state index is 0.594. The third-order valence-corrected chi connectivity index (χ3v) is 2.78. The number of anilines is 4. The standard InChI is InChI=1S/C13H16N4/c14-10-5-4-8(12(16)7-10)6-9-2-1-3-11(15)13(9)17/h1-5,7H,6,14-17H2. The van der Waals surface area contributed by atoms with Gasteiger partial charge in [-0.15, -0.1) is 0 Å². The van der Waals surface area contributed by atoms with E-state index in [4.69, 9.17) is 22.9 Å². The van der Waals surface area contributed by atoms with E-state index < -0.39 is 0 Å². The second-order valence-electron chi connectivity index (χ2n) is 4.06. The summed E-state index contributed by atoms with van der Waals surface area (Å²) in [5.74, 6) is 0. The molecule has 0 bridgehead atoms. The van der Waals surface area contributed by atoms with Crippen LogP contribution in [0.4, 0.5) is 22.7 Å². The molecule has 0 aliphatic rings. The third kappa shape index (κ3) is 2.25. The van der Waals surface area contributed by atoms with Crippen LogP contribution in [0.5, 0.6) is 0 Å². The Morgan fingerprint density at radius 3 is 2.24 bits per heavy atom. The van der Waals surface area contributed by atoms with Gasteiger partial charge in [0.1, 0.15) is 0 Å². The average Bonchev–Trinajstić information content (AvgIpc) is 2.28. The van der Waals surface area contributed by atoms with Gasteiger partial charge in [-0.1, -0.05) is 18.2 Å². The molecule has 4 nitrogen and oxygen atoms in total. The van der Waals surface area contributed by atoms with E-state index in [9.17, 15) is 0 Å².